The zero-order valence-electron chi connectivity index (χ0n) is 18.6. The van der Waals surface area contributed by atoms with E-state index < -0.39 is 86.3 Å². The van der Waals surface area contributed by atoms with Crippen molar-refractivity contribution < 1.29 is 50.8 Å². The Bertz CT molecular complexity index is 1760. The summed E-state index contributed by atoms with van der Waals surface area (Å²) >= 11 is 0.613. The minimum Gasteiger partial charge on any atom is -0.496 e. The second kappa shape index (κ2) is 8.76. The van der Waals surface area contributed by atoms with Gasteiger partial charge >= 0.3 is 18.0 Å². The molecule has 38 heavy (non-hydrogen) atoms. The van der Waals surface area contributed by atoms with Gasteiger partial charge in [-0.15, -0.1) is 20.1 Å². The molecule has 2 aromatic heterocycles. The quantitative estimate of drug-likeness (QED) is 0.343. The number of hydrogen-bond donors (Lipinski definition) is 2. The average Bonchev–Trinajstić information content (AvgIpc) is 3.42. The molecule has 10 nitrogen and oxygen atoms in total. The van der Waals surface area contributed by atoms with Gasteiger partial charge in [-0.05, 0) is 12.1 Å². The maximum Gasteiger partial charge on any atom is 0.586 e. The van der Waals surface area contributed by atoms with Crippen molar-refractivity contribution in [2.45, 2.75) is 12.9 Å². The van der Waals surface area contributed by atoms with Gasteiger partial charge in [0.1, 0.15) is 17.2 Å². The molecule has 0 atom stereocenters. The standard InChI is InChI=1S/C22H11F5N2O8S/c1-34-11-3-2-8(23)14(24)7(11)5-35-12-4-10(15(25)17-16(12)36-22(26,27)37-17)29-19(30)13-9(28-21(29)33)6-38-18(13)20(31)32/h2-4,6H,5H2,1H3,(H,28,33)(H,31,32). The SMILES string of the molecule is COc1ccc(F)c(F)c1COc1cc(-n2c(=O)[nH]c3csc(C(=O)O)c3c2=O)c(F)c2c1OC(F)(F)O2. The Morgan fingerprint density at radius 3 is 2.53 bits per heavy atom. The van der Waals surface area contributed by atoms with Gasteiger partial charge in [0.15, 0.2) is 23.2 Å². The number of hydrogen-bond acceptors (Lipinski definition) is 8. The number of benzene rings is 2. The van der Waals surface area contributed by atoms with Crippen LogP contribution < -0.4 is 30.2 Å². The minimum atomic E-state index is -4.40. The summed E-state index contributed by atoms with van der Waals surface area (Å²) in [6.45, 7) is -0.864. The van der Waals surface area contributed by atoms with Crippen LogP contribution in [0.2, 0.25) is 0 Å². The number of nitrogens with zero attached hydrogens (tertiary/aromatic N) is 1. The van der Waals surface area contributed by atoms with Crippen LogP contribution in [0, 0.1) is 17.5 Å². The monoisotopic (exact) mass is 558 g/mol. The fourth-order valence-corrected chi connectivity index (χ4v) is 4.59. The predicted molar refractivity (Wildman–Crippen MR) is 118 cm³/mol. The Hall–Kier alpha value is -4.60. The van der Waals surface area contributed by atoms with E-state index in [2.05, 4.69) is 14.5 Å². The zero-order chi connectivity index (χ0) is 27.5. The van der Waals surface area contributed by atoms with Crippen molar-refractivity contribution in [3.05, 3.63) is 72.3 Å². The Kier molecular flexibility index (Phi) is 5.78. The first-order chi connectivity index (χ1) is 17.9. The van der Waals surface area contributed by atoms with Gasteiger partial charge < -0.3 is 29.0 Å². The third kappa shape index (κ3) is 3.89. The van der Waals surface area contributed by atoms with E-state index in [-0.39, 0.29) is 15.8 Å². The summed E-state index contributed by atoms with van der Waals surface area (Å²) < 4.78 is 90.2. The molecule has 0 saturated heterocycles. The average molecular weight is 558 g/mol. The summed E-state index contributed by atoms with van der Waals surface area (Å²) in [4.78, 5) is 39.1. The van der Waals surface area contributed by atoms with E-state index in [9.17, 15) is 37.1 Å². The van der Waals surface area contributed by atoms with E-state index >= 15 is 4.39 Å². The van der Waals surface area contributed by atoms with Crippen LogP contribution in [0.4, 0.5) is 22.0 Å². The van der Waals surface area contributed by atoms with Crippen molar-refractivity contribution in [3.63, 3.8) is 0 Å². The Morgan fingerprint density at radius 2 is 1.84 bits per heavy atom. The van der Waals surface area contributed by atoms with Crippen molar-refractivity contribution in [1.82, 2.24) is 9.55 Å². The highest BCUT2D eigenvalue weighted by molar-refractivity contribution is 7.13. The number of aromatic amines is 1. The lowest BCUT2D eigenvalue weighted by Crippen LogP contribution is -2.34. The second-order valence-corrected chi connectivity index (χ2v) is 8.47. The molecule has 0 aliphatic carbocycles. The van der Waals surface area contributed by atoms with E-state index in [0.29, 0.717) is 17.4 Å². The molecule has 3 heterocycles. The summed E-state index contributed by atoms with van der Waals surface area (Å²) in [5.74, 6) is -9.03. The lowest BCUT2D eigenvalue weighted by molar-refractivity contribution is -0.287. The third-order valence-corrected chi connectivity index (χ3v) is 6.36. The molecular formula is C22H11F5N2O8S. The molecule has 2 N–H and O–H groups in total. The molecule has 4 aromatic rings. The molecule has 0 bridgehead atoms. The van der Waals surface area contributed by atoms with Gasteiger partial charge in [0, 0.05) is 11.4 Å². The first kappa shape index (κ1) is 25.1. The van der Waals surface area contributed by atoms with Crippen LogP contribution in [0.1, 0.15) is 15.2 Å². The van der Waals surface area contributed by atoms with Crippen LogP contribution in [-0.4, -0.2) is 34.0 Å². The van der Waals surface area contributed by atoms with Crippen LogP contribution in [-0.2, 0) is 6.61 Å². The van der Waals surface area contributed by atoms with Gasteiger partial charge in [0.2, 0.25) is 11.5 Å². The van der Waals surface area contributed by atoms with E-state index in [4.69, 9.17) is 9.47 Å². The summed E-state index contributed by atoms with van der Waals surface area (Å²) in [5.41, 5.74) is -4.18. The molecule has 2 aromatic carbocycles. The van der Waals surface area contributed by atoms with Gasteiger partial charge in [0.25, 0.3) is 5.56 Å². The molecule has 0 spiro atoms. The lowest BCUT2D eigenvalue weighted by atomic mass is 10.2. The number of alkyl halides is 2. The van der Waals surface area contributed by atoms with Crippen LogP contribution in [0.25, 0.3) is 16.6 Å². The highest BCUT2D eigenvalue weighted by atomic mass is 32.1. The molecule has 0 unspecified atom stereocenters. The molecule has 198 valence electrons. The Labute approximate surface area is 210 Å². The van der Waals surface area contributed by atoms with Crippen LogP contribution >= 0.6 is 11.3 Å². The number of halogens is 5. The molecular weight excluding hydrogens is 547 g/mol. The highest BCUT2D eigenvalue weighted by Crippen LogP contribution is 2.50. The van der Waals surface area contributed by atoms with E-state index in [1.165, 1.54) is 5.38 Å². The highest BCUT2D eigenvalue weighted by Gasteiger charge is 2.48. The smallest absolute Gasteiger partial charge is 0.496 e. The number of carbonyl (C=O) groups is 1. The summed E-state index contributed by atoms with van der Waals surface area (Å²) in [5, 5.41) is 10.1. The molecule has 0 amide bonds. The lowest BCUT2D eigenvalue weighted by Gasteiger charge is -2.15. The van der Waals surface area contributed by atoms with Crippen molar-refractivity contribution >= 4 is 28.2 Å². The third-order valence-electron chi connectivity index (χ3n) is 5.40. The van der Waals surface area contributed by atoms with Gasteiger partial charge in [-0.1, -0.05) is 0 Å². The van der Waals surface area contributed by atoms with E-state index in [0.717, 1.165) is 19.2 Å². The number of methoxy groups -OCH3 is 1. The van der Waals surface area contributed by atoms with Crippen molar-refractivity contribution in [2.24, 2.45) is 0 Å². The molecule has 1 aliphatic rings. The number of thiophene rings is 1. The molecule has 0 radical (unpaired) electrons. The number of aromatic carboxylic acids is 1. The number of nitrogens with one attached hydrogen (secondary N) is 1. The number of rotatable bonds is 6. The molecule has 16 heteroatoms. The second-order valence-electron chi connectivity index (χ2n) is 7.59. The maximum atomic E-state index is 15.4. The minimum absolute atomic E-state index is 0.146. The topological polar surface area (TPSA) is 129 Å². The summed E-state index contributed by atoms with van der Waals surface area (Å²) in [7, 11) is 1.14. The van der Waals surface area contributed by atoms with Crippen molar-refractivity contribution in [1.29, 1.82) is 0 Å². The number of H-pyrrole nitrogens is 1. The Balaban J connectivity index is 1.71. The number of aromatic nitrogens is 2. The first-order valence-electron chi connectivity index (χ1n) is 10.2. The maximum absolute atomic E-state index is 15.4. The zero-order valence-corrected chi connectivity index (χ0v) is 19.4. The van der Waals surface area contributed by atoms with E-state index in [1.54, 1.807) is 0 Å². The fourth-order valence-electron chi connectivity index (χ4n) is 3.76. The predicted octanol–water partition coefficient (Wildman–Crippen LogP) is 3.77. The number of carboxylic acids is 1. The number of carboxylic acid groups (broad SMARTS) is 1. The normalized spacial score (nSPS) is 13.6. The summed E-state index contributed by atoms with van der Waals surface area (Å²) in [6.07, 6.45) is -4.40. The number of fused-ring (bicyclic) bond motifs is 2. The number of ether oxygens (including phenoxy) is 4. The van der Waals surface area contributed by atoms with Crippen LogP contribution in [0.15, 0.2) is 33.2 Å². The van der Waals surface area contributed by atoms with Gasteiger partial charge in [-0.2, -0.15) is 0 Å². The summed E-state index contributed by atoms with van der Waals surface area (Å²) in [6, 6.07) is 2.45. The van der Waals surface area contributed by atoms with Crippen molar-refractivity contribution in [3.8, 4) is 28.7 Å². The Morgan fingerprint density at radius 1 is 1.13 bits per heavy atom. The molecule has 0 saturated carbocycles. The largest absolute Gasteiger partial charge is 0.586 e. The van der Waals surface area contributed by atoms with Crippen LogP contribution in [0.3, 0.4) is 0 Å². The van der Waals surface area contributed by atoms with Gasteiger partial charge in [0.05, 0.1) is 29.3 Å². The van der Waals surface area contributed by atoms with E-state index in [1.807, 2.05) is 0 Å². The fraction of sp³-hybridized carbons (Fsp3) is 0.136. The molecule has 5 rings (SSSR count). The molecule has 1 aliphatic heterocycles. The van der Waals surface area contributed by atoms with Crippen molar-refractivity contribution in [2.75, 3.05) is 7.11 Å². The van der Waals surface area contributed by atoms with Crippen LogP contribution in [0.5, 0.6) is 23.0 Å². The first-order valence-corrected chi connectivity index (χ1v) is 11.1. The van der Waals surface area contributed by atoms with Gasteiger partial charge in [-0.25, -0.2) is 27.3 Å². The molecule has 0 fully saturated rings. The van der Waals surface area contributed by atoms with Gasteiger partial charge in [-0.3, -0.25) is 4.79 Å².